The molecule has 0 saturated carbocycles. The lowest BCUT2D eigenvalue weighted by atomic mass is 10.4. The number of aromatic nitrogens is 2. The van der Waals surface area contributed by atoms with Crippen molar-refractivity contribution in [1.82, 2.24) is 9.97 Å². The zero-order valence-electron chi connectivity index (χ0n) is 8.67. The van der Waals surface area contributed by atoms with Crippen LogP contribution >= 0.6 is 0 Å². The first-order valence-electron chi connectivity index (χ1n) is 4.52. The molecule has 0 aromatic carbocycles. The number of hydrogen-bond donors (Lipinski definition) is 4. The molecule has 0 spiro atoms. The van der Waals surface area contributed by atoms with Gasteiger partial charge < -0.3 is 22.9 Å². The van der Waals surface area contributed by atoms with Crippen molar-refractivity contribution in [2.75, 3.05) is 22.9 Å². The van der Waals surface area contributed by atoms with Crippen LogP contribution in [-0.4, -0.2) is 9.97 Å². The minimum absolute atomic E-state index is 0.463. The molecule has 0 unspecified atom stereocenters. The SMILES string of the molecule is Nc1cccc(N)n1.Nc1ccncc1N. The van der Waals surface area contributed by atoms with E-state index in [-0.39, 0.29) is 0 Å². The number of nitrogens with zero attached hydrogens (tertiary/aromatic N) is 2. The molecule has 2 rings (SSSR count). The highest BCUT2D eigenvalue weighted by Crippen LogP contribution is 2.08. The van der Waals surface area contributed by atoms with Gasteiger partial charge in [0.2, 0.25) is 0 Å². The van der Waals surface area contributed by atoms with Crippen molar-refractivity contribution >= 4 is 23.0 Å². The number of anilines is 4. The number of rotatable bonds is 0. The summed E-state index contributed by atoms with van der Waals surface area (Å²) in [5, 5.41) is 0. The van der Waals surface area contributed by atoms with Gasteiger partial charge in [-0.2, -0.15) is 0 Å². The third kappa shape index (κ3) is 3.70. The zero-order valence-corrected chi connectivity index (χ0v) is 8.67. The molecule has 6 nitrogen and oxygen atoms in total. The fourth-order valence-electron chi connectivity index (χ4n) is 0.886. The summed E-state index contributed by atoms with van der Waals surface area (Å²) in [5.41, 5.74) is 22.3. The van der Waals surface area contributed by atoms with Crippen molar-refractivity contribution in [3.63, 3.8) is 0 Å². The summed E-state index contributed by atoms with van der Waals surface area (Å²) >= 11 is 0. The van der Waals surface area contributed by atoms with Gasteiger partial charge in [0, 0.05) is 6.20 Å². The number of nitrogens with two attached hydrogens (primary N) is 4. The van der Waals surface area contributed by atoms with Gasteiger partial charge in [0.25, 0.3) is 0 Å². The van der Waals surface area contributed by atoms with Crippen LogP contribution in [0.1, 0.15) is 0 Å². The topological polar surface area (TPSA) is 130 Å². The molecule has 0 atom stereocenters. The van der Waals surface area contributed by atoms with E-state index in [1.54, 1.807) is 30.5 Å². The highest BCUT2D eigenvalue weighted by atomic mass is 14.9. The summed E-state index contributed by atoms with van der Waals surface area (Å²) in [4.78, 5) is 7.47. The minimum atomic E-state index is 0.463. The van der Waals surface area contributed by atoms with Crippen LogP contribution in [0.2, 0.25) is 0 Å². The molecule has 8 N–H and O–H groups in total. The number of nitrogen functional groups attached to an aromatic ring is 4. The van der Waals surface area contributed by atoms with E-state index in [4.69, 9.17) is 22.9 Å². The van der Waals surface area contributed by atoms with Crippen LogP contribution in [0.5, 0.6) is 0 Å². The molecule has 0 radical (unpaired) electrons. The Bertz CT molecular complexity index is 418. The van der Waals surface area contributed by atoms with Gasteiger partial charge in [0.05, 0.1) is 17.6 Å². The smallest absolute Gasteiger partial charge is 0.125 e. The maximum absolute atomic E-state index is 5.35. The van der Waals surface area contributed by atoms with Crippen molar-refractivity contribution in [3.8, 4) is 0 Å². The van der Waals surface area contributed by atoms with E-state index in [1.165, 1.54) is 6.20 Å². The summed E-state index contributed by atoms with van der Waals surface area (Å²) in [7, 11) is 0. The molecule has 2 aromatic heterocycles. The van der Waals surface area contributed by atoms with Crippen LogP contribution in [-0.2, 0) is 0 Å². The van der Waals surface area contributed by atoms with Crippen LogP contribution < -0.4 is 22.9 Å². The average molecular weight is 218 g/mol. The Balaban J connectivity index is 0.000000160. The average Bonchev–Trinajstić information content (AvgIpc) is 2.23. The molecule has 2 heterocycles. The van der Waals surface area contributed by atoms with Gasteiger partial charge in [0.15, 0.2) is 0 Å². The lowest BCUT2D eigenvalue weighted by Crippen LogP contribution is -1.93. The molecule has 16 heavy (non-hydrogen) atoms. The van der Waals surface area contributed by atoms with E-state index in [2.05, 4.69) is 9.97 Å². The largest absolute Gasteiger partial charge is 0.397 e. The molecule has 0 aliphatic rings. The first-order chi connectivity index (χ1) is 7.59. The van der Waals surface area contributed by atoms with Gasteiger partial charge in [-0.1, -0.05) is 6.07 Å². The summed E-state index contributed by atoms with van der Waals surface area (Å²) in [6.45, 7) is 0. The van der Waals surface area contributed by atoms with E-state index in [9.17, 15) is 0 Å². The molecule has 0 saturated heterocycles. The van der Waals surface area contributed by atoms with E-state index in [1.807, 2.05) is 0 Å². The Hall–Kier alpha value is -2.50. The Kier molecular flexibility index (Phi) is 3.90. The molecule has 2 aromatic rings. The summed E-state index contributed by atoms with van der Waals surface area (Å²) < 4.78 is 0. The quantitative estimate of drug-likeness (QED) is 0.509. The van der Waals surface area contributed by atoms with Crippen LogP contribution in [0.4, 0.5) is 23.0 Å². The van der Waals surface area contributed by atoms with Gasteiger partial charge in [-0.3, -0.25) is 4.98 Å². The standard InChI is InChI=1S/2C5H7N3/c6-4-1-2-8-3-5(4)7;6-4-2-1-3-5(7)8-4/h1-3H,7H2,(H2,6,8);1-3H,(H4,6,7,8). The Morgan fingerprint density at radius 3 is 1.75 bits per heavy atom. The van der Waals surface area contributed by atoms with Crippen molar-refractivity contribution in [3.05, 3.63) is 36.7 Å². The third-order valence-corrected chi connectivity index (χ3v) is 1.68. The van der Waals surface area contributed by atoms with Gasteiger partial charge in [-0.25, -0.2) is 4.98 Å². The van der Waals surface area contributed by atoms with Crippen molar-refractivity contribution in [2.24, 2.45) is 0 Å². The zero-order chi connectivity index (χ0) is 12.0. The highest BCUT2D eigenvalue weighted by molar-refractivity contribution is 5.60. The molecular weight excluding hydrogens is 204 g/mol. The second-order valence-electron chi connectivity index (χ2n) is 2.99. The summed E-state index contributed by atoms with van der Waals surface area (Å²) in [6.07, 6.45) is 3.13. The maximum Gasteiger partial charge on any atom is 0.125 e. The Labute approximate surface area is 93.3 Å². The molecule has 84 valence electrons. The first-order valence-corrected chi connectivity index (χ1v) is 4.52. The third-order valence-electron chi connectivity index (χ3n) is 1.68. The van der Waals surface area contributed by atoms with Crippen LogP contribution in [0, 0.1) is 0 Å². The second-order valence-corrected chi connectivity index (χ2v) is 2.99. The van der Waals surface area contributed by atoms with Gasteiger partial charge in [-0.05, 0) is 18.2 Å². The minimum Gasteiger partial charge on any atom is -0.397 e. The van der Waals surface area contributed by atoms with Crippen LogP contribution in [0.3, 0.4) is 0 Å². The fraction of sp³-hybridized carbons (Fsp3) is 0. The van der Waals surface area contributed by atoms with Crippen molar-refractivity contribution in [2.45, 2.75) is 0 Å². The van der Waals surface area contributed by atoms with E-state index >= 15 is 0 Å². The van der Waals surface area contributed by atoms with Crippen molar-refractivity contribution < 1.29 is 0 Å². The summed E-state index contributed by atoms with van der Waals surface area (Å²) in [6, 6.07) is 6.81. The molecule has 0 fully saturated rings. The second kappa shape index (κ2) is 5.40. The van der Waals surface area contributed by atoms with E-state index in [0.717, 1.165) is 0 Å². The van der Waals surface area contributed by atoms with E-state index in [0.29, 0.717) is 23.0 Å². The molecular formula is C10H14N6. The fourth-order valence-corrected chi connectivity index (χ4v) is 0.886. The Morgan fingerprint density at radius 2 is 1.44 bits per heavy atom. The molecule has 6 heteroatoms. The van der Waals surface area contributed by atoms with Gasteiger partial charge in [-0.15, -0.1) is 0 Å². The highest BCUT2D eigenvalue weighted by Gasteiger charge is 1.86. The number of hydrogen-bond acceptors (Lipinski definition) is 6. The number of pyridine rings is 2. The maximum atomic E-state index is 5.35. The van der Waals surface area contributed by atoms with Crippen molar-refractivity contribution in [1.29, 1.82) is 0 Å². The van der Waals surface area contributed by atoms with Crippen LogP contribution in [0.25, 0.3) is 0 Å². The first kappa shape index (κ1) is 11.6. The normalized spacial score (nSPS) is 9.00. The molecule has 0 bridgehead atoms. The predicted octanol–water partition coefficient (Wildman–Crippen LogP) is 0.492. The lowest BCUT2D eigenvalue weighted by Gasteiger charge is -1.93. The monoisotopic (exact) mass is 218 g/mol. The molecule has 0 aliphatic heterocycles. The predicted molar refractivity (Wildman–Crippen MR) is 66.1 cm³/mol. The van der Waals surface area contributed by atoms with Crippen LogP contribution in [0.15, 0.2) is 36.7 Å². The van der Waals surface area contributed by atoms with E-state index < -0.39 is 0 Å². The van der Waals surface area contributed by atoms with Gasteiger partial charge >= 0.3 is 0 Å². The molecule has 0 aliphatic carbocycles. The Morgan fingerprint density at radius 1 is 0.812 bits per heavy atom. The molecule has 0 amide bonds. The lowest BCUT2D eigenvalue weighted by molar-refractivity contribution is 1.34. The van der Waals surface area contributed by atoms with Gasteiger partial charge in [0.1, 0.15) is 11.6 Å². The summed E-state index contributed by atoms with van der Waals surface area (Å²) in [5.74, 6) is 0.926.